The number of thiophene rings is 1. The Balaban J connectivity index is 1.54. The zero-order valence-corrected chi connectivity index (χ0v) is 19.7. The van der Waals surface area contributed by atoms with Gasteiger partial charge < -0.3 is 15.0 Å². The number of benzene rings is 2. The Labute approximate surface area is 189 Å². The molecule has 0 fully saturated rings. The number of anilines is 2. The monoisotopic (exact) mass is 460 g/mol. The normalized spacial score (nSPS) is 15.1. The van der Waals surface area contributed by atoms with Gasteiger partial charge in [0.15, 0.2) is 0 Å². The summed E-state index contributed by atoms with van der Waals surface area (Å²) in [5.41, 5.74) is 4.37. The van der Waals surface area contributed by atoms with Crippen molar-refractivity contribution in [3.63, 3.8) is 0 Å². The first-order valence-corrected chi connectivity index (χ1v) is 12.3. The summed E-state index contributed by atoms with van der Waals surface area (Å²) in [7, 11) is 0.429. The van der Waals surface area contributed by atoms with Crippen molar-refractivity contribution in [1.82, 2.24) is 5.32 Å². The average Bonchev–Trinajstić information content (AvgIpc) is 3.19. The van der Waals surface area contributed by atoms with Crippen LogP contribution in [0.5, 0.6) is 5.75 Å². The van der Waals surface area contributed by atoms with Crippen LogP contribution in [0.25, 0.3) is 0 Å². The van der Waals surface area contributed by atoms with Gasteiger partial charge in [0.25, 0.3) is 0 Å². The minimum absolute atomic E-state index is 0.558. The number of aryl methyl sites for hydroxylation is 1. The van der Waals surface area contributed by atoms with E-state index in [2.05, 4.69) is 24.1 Å². The van der Waals surface area contributed by atoms with Gasteiger partial charge in [-0.1, -0.05) is 23.7 Å². The lowest BCUT2D eigenvalue weighted by Crippen LogP contribution is -2.28. The molecule has 0 amide bonds. The van der Waals surface area contributed by atoms with Crippen LogP contribution in [0.1, 0.15) is 22.4 Å². The molecular weight excluding hydrogens is 436 g/mol. The van der Waals surface area contributed by atoms with Crippen molar-refractivity contribution in [3.8, 4) is 5.75 Å². The van der Waals surface area contributed by atoms with E-state index in [0.29, 0.717) is 9.92 Å². The number of fused-ring (bicyclic) bond motifs is 2. The van der Waals surface area contributed by atoms with Crippen molar-refractivity contribution in [2.75, 3.05) is 25.1 Å². The fraction of sp³-hybridized carbons (Fsp3) is 0.304. The van der Waals surface area contributed by atoms with E-state index < -0.39 is 10.8 Å². The minimum atomic E-state index is -1.28. The molecule has 3 aromatic rings. The van der Waals surface area contributed by atoms with Crippen LogP contribution in [0, 0.1) is 13.8 Å². The van der Waals surface area contributed by atoms with Gasteiger partial charge in [0, 0.05) is 13.1 Å². The third-order valence-electron chi connectivity index (χ3n) is 5.50. The first-order valence-electron chi connectivity index (χ1n) is 9.92. The largest absolute Gasteiger partial charge is 0.496 e. The molecule has 1 aromatic heterocycles. The van der Waals surface area contributed by atoms with E-state index >= 15 is 0 Å². The molecule has 4 nitrogen and oxygen atoms in total. The highest BCUT2D eigenvalue weighted by Crippen LogP contribution is 2.46. The topological polar surface area (TPSA) is 41.6 Å². The predicted octanol–water partition coefficient (Wildman–Crippen LogP) is 5.83. The molecule has 0 aliphatic carbocycles. The van der Waals surface area contributed by atoms with Gasteiger partial charge in [-0.2, -0.15) is 0 Å². The molecule has 0 saturated carbocycles. The van der Waals surface area contributed by atoms with Gasteiger partial charge in [0.2, 0.25) is 0 Å². The summed E-state index contributed by atoms with van der Waals surface area (Å²) in [6.07, 6.45) is 0.944. The molecule has 4 rings (SSSR count). The molecule has 0 bridgehead atoms. The van der Waals surface area contributed by atoms with Crippen molar-refractivity contribution >= 4 is 45.1 Å². The molecule has 158 valence electrons. The van der Waals surface area contributed by atoms with E-state index in [1.54, 1.807) is 18.4 Å². The van der Waals surface area contributed by atoms with Gasteiger partial charge in [-0.25, -0.2) is 4.21 Å². The van der Waals surface area contributed by atoms with Crippen molar-refractivity contribution < 1.29 is 8.95 Å². The Morgan fingerprint density at radius 1 is 1.20 bits per heavy atom. The zero-order chi connectivity index (χ0) is 21.3. The van der Waals surface area contributed by atoms with E-state index in [-0.39, 0.29) is 0 Å². The number of methoxy groups -OCH3 is 1. The SMILES string of the molecule is COc1ccsc1CNCCCN1c2cccc(Cl)c2S(=O)c2ccc(C)c(C)c21. The third-order valence-corrected chi connectivity index (χ3v) is 8.36. The quantitative estimate of drug-likeness (QED) is 0.451. The molecule has 1 aliphatic heterocycles. The molecule has 1 atom stereocenters. The van der Waals surface area contributed by atoms with E-state index in [4.69, 9.17) is 16.3 Å². The molecule has 1 aliphatic rings. The van der Waals surface area contributed by atoms with Crippen molar-refractivity contribution in [2.24, 2.45) is 0 Å². The lowest BCUT2D eigenvalue weighted by molar-refractivity contribution is 0.410. The lowest BCUT2D eigenvalue weighted by atomic mass is 10.1. The highest BCUT2D eigenvalue weighted by Gasteiger charge is 2.31. The number of rotatable bonds is 7. The van der Waals surface area contributed by atoms with Crippen LogP contribution in [0.15, 0.2) is 51.6 Å². The van der Waals surface area contributed by atoms with Crippen molar-refractivity contribution in [2.45, 2.75) is 36.6 Å². The van der Waals surface area contributed by atoms with E-state index in [1.807, 2.05) is 41.8 Å². The van der Waals surface area contributed by atoms with Crippen LogP contribution in [-0.2, 0) is 17.3 Å². The Kier molecular flexibility index (Phi) is 6.48. The van der Waals surface area contributed by atoms with Crippen LogP contribution >= 0.6 is 22.9 Å². The van der Waals surface area contributed by atoms with Crippen LogP contribution in [0.2, 0.25) is 5.02 Å². The second kappa shape index (κ2) is 9.10. The van der Waals surface area contributed by atoms with E-state index in [0.717, 1.165) is 48.1 Å². The van der Waals surface area contributed by atoms with Crippen LogP contribution in [-0.4, -0.2) is 24.4 Å². The second-order valence-corrected chi connectivity index (χ2v) is 10.1. The molecule has 2 aromatic carbocycles. The second-order valence-electron chi connectivity index (χ2n) is 7.31. The predicted molar refractivity (Wildman–Crippen MR) is 126 cm³/mol. The smallest absolute Gasteiger partial charge is 0.134 e. The minimum Gasteiger partial charge on any atom is -0.496 e. The molecule has 2 heterocycles. The molecule has 30 heavy (non-hydrogen) atoms. The molecular formula is C23H25ClN2O2S2. The number of hydrogen-bond acceptors (Lipinski definition) is 5. The summed E-state index contributed by atoms with van der Waals surface area (Å²) in [5.74, 6) is 0.939. The maximum Gasteiger partial charge on any atom is 0.134 e. The fourth-order valence-corrected chi connectivity index (χ4v) is 6.47. The van der Waals surface area contributed by atoms with Crippen molar-refractivity contribution in [3.05, 3.63) is 62.8 Å². The summed E-state index contributed by atoms with van der Waals surface area (Å²) >= 11 is 8.17. The van der Waals surface area contributed by atoms with E-state index in [1.165, 1.54) is 16.0 Å². The number of nitrogens with one attached hydrogen (secondary N) is 1. The van der Waals surface area contributed by atoms with Gasteiger partial charge in [0.1, 0.15) is 5.75 Å². The summed E-state index contributed by atoms with van der Waals surface area (Å²) in [6.45, 7) is 6.69. The van der Waals surface area contributed by atoms with Gasteiger partial charge in [0.05, 0.1) is 49.0 Å². The Morgan fingerprint density at radius 3 is 2.83 bits per heavy atom. The van der Waals surface area contributed by atoms with Gasteiger partial charge in [-0.05, 0) is 67.6 Å². The maximum absolute atomic E-state index is 13.3. The van der Waals surface area contributed by atoms with Gasteiger partial charge in [-0.15, -0.1) is 11.3 Å². The Bertz CT molecular complexity index is 1100. The first-order chi connectivity index (χ1) is 14.5. The highest BCUT2D eigenvalue weighted by molar-refractivity contribution is 7.85. The number of halogens is 1. The van der Waals surface area contributed by atoms with Crippen molar-refractivity contribution in [1.29, 1.82) is 0 Å². The summed E-state index contributed by atoms with van der Waals surface area (Å²) < 4.78 is 18.7. The lowest BCUT2D eigenvalue weighted by Gasteiger charge is -2.35. The molecule has 1 N–H and O–H groups in total. The number of ether oxygens (including phenoxy) is 1. The number of nitrogens with zero attached hydrogens (tertiary/aromatic N) is 1. The van der Waals surface area contributed by atoms with Crippen LogP contribution < -0.4 is 15.0 Å². The van der Waals surface area contributed by atoms with Crippen LogP contribution in [0.4, 0.5) is 11.4 Å². The molecule has 1 unspecified atom stereocenters. The standard InChI is InChI=1S/C23H25ClN2O2S2/c1-15-8-9-21-22(16(15)2)26(18-7-4-6-17(24)23(18)30(21)27)12-5-11-25-14-20-19(28-3)10-13-29-20/h4,6-10,13,25H,5,11-12,14H2,1-3H3. The first kappa shape index (κ1) is 21.4. The van der Waals surface area contributed by atoms with Crippen LogP contribution in [0.3, 0.4) is 0 Å². The maximum atomic E-state index is 13.3. The highest BCUT2D eigenvalue weighted by atomic mass is 35.5. The molecule has 0 saturated heterocycles. The number of hydrogen-bond donors (Lipinski definition) is 1. The molecule has 0 spiro atoms. The molecule has 0 radical (unpaired) electrons. The average molecular weight is 461 g/mol. The fourth-order valence-electron chi connectivity index (χ4n) is 3.82. The Hall–Kier alpha value is -1.86. The molecule has 7 heteroatoms. The summed E-state index contributed by atoms with van der Waals surface area (Å²) in [4.78, 5) is 5.05. The summed E-state index contributed by atoms with van der Waals surface area (Å²) in [5, 5.41) is 6.12. The zero-order valence-electron chi connectivity index (χ0n) is 17.3. The van der Waals surface area contributed by atoms with E-state index in [9.17, 15) is 4.21 Å². The van der Waals surface area contributed by atoms with Gasteiger partial charge >= 0.3 is 0 Å². The Morgan fingerprint density at radius 2 is 2.03 bits per heavy atom. The summed E-state index contributed by atoms with van der Waals surface area (Å²) in [6, 6.07) is 11.8. The van der Waals surface area contributed by atoms with Gasteiger partial charge in [-0.3, -0.25) is 0 Å². The third kappa shape index (κ3) is 3.89.